The molecule has 0 saturated carbocycles. The van der Waals surface area contributed by atoms with Crippen LogP contribution in [-0.4, -0.2) is 40.7 Å². The third-order valence-corrected chi connectivity index (χ3v) is 5.35. The summed E-state index contributed by atoms with van der Waals surface area (Å²) in [5.41, 5.74) is 9.47. The van der Waals surface area contributed by atoms with Crippen molar-refractivity contribution in [1.82, 2.24) is 14.5 Å². The highest BCUT2D eigenvalue weighted by molar-refractivity contribution is 6.02. The molecule has 4 aromatic rings. The number of nitrogen functional groups attached to an aromatic ring is 1. The van der Waals surface area contributed by atoms with Gasteiger partial charge in [-0.15, -0.1) is 0 Å². The van der Waals surface area contributed by atoms with Gasteiger partial charge in [0.15, 0.2) is 5.78 Å². The lowest BCUT2D eigenvalue weighted by Crippen LogP contribution is -2.13. The van der Waals surface area contributed by atoms with Gasteiger partial charge >= 0.3 is 6.18 Å². The number of fused-ring (bicyclic) bond motifs is 1. The number of anilines is 1. The molecule has 0 fully saturated rings. The molecule has 0 aliphatic carbocycles. The Bertz CT molecular complexity index is 1320. The van der Waals surface area contributed by atoms with Gasteiger partial charge in [-0.3, -0.25) is 9.36 Å². The van der Waals surface area contributed by atoms with Crippen molar-refractivity contribution in [2.24, 2.45) is 0 Å². The predicted octanol–water partition coefficient (Wildman–Crippen LogP) is 5.21. The van der Waals surface area contributed by atoms with Gasteiger partial charge in [-0.1, -0.05) is 6.07 Å². The lowest BCUT2D eigenvalue weighted by Gasteiger charge is -2.16. The van der Waals surface area contributed by atoms with E-state index in [0.29, 0.717) is 17.0 Å². The number of ether oxygens (including phenoxy) is 2. The minimum Gasteiger partial charge on any atom is -0.496 e. The van der Waals surface area contributed by atoms with E-state index in [1.165, 1.54) is 14.2 Å². The summed E-state index contributed by atoms with van der Waals surface area (Å²) >= 11 is 0. The fraction of sp³-hybridized carbons (Fsp3) is 0.208. The number of nitrogens with two attached hydrogens (primary N) is 1. The van der Waals surface area contributed by atoms with Crippen LogP contribution in [0.15, 0.2) is 55.0 Å². The third-order valence-electron chi connectivity index (χ3n) is 5.35. The average molecular weight is 470 g/mol. The van der Waals surface area contributed by atoms with Crippen LogP contribution in [0.25, 0.3) is 27.8 Å². The maximum Gasteiger partial charge on any atom is 0.389 e. The highest BCUT2D eigenvalue weighted by Crippen LogP contribution is 2.36. The van der Waals surface area contributed by atoms with E-state index in [2.05, 4.69) is 9.97 Å². The summed E-state index contributed by atoms with van der Waals surface area (Å²) in [5, 5.41) is 0. The first kappa shape index (κ1) is 23.1. The van der Waals surface area contributed by atoms with Crippen molar-refractivity contribution in [2.75, 3.05) is 20.0 Å². The Hall–Kier alpha value is -4.08. The molecule has 176 valence electrons. The van der Waals surface area contributed by atoms with Crippen molar-refractivity contribution >= 4 is 22.6 Å². The first-order valence-corrected chi connectivity index (χ1v) is 10.3. The minimum atomic E-state index is -4.44. The lowest BCUT2D eigenvalue weighted by atomic mass is 10.0. The van der Waals surface area contributed by atoms with Crippen LogP contribution in [-0.2, 0) is 0 Å². The molecule has 0 aliphatic rings. The maximum absolute atomic E-state index is 12.6. The number of methoxy groups -OCH3 is 2. The molecule has 2 heterocycles. The largest absolute Gasteiger partial charge is 0.496 e. The van der Waals surface area contributed by atoms with Crippen molar-refractivity contribution in [1.29, 1.82) is 0 Å². The van der Waals surface area contributed by atoms with Crippen LogP contribution in [0.5, 0.6) is 11.5 Å². The number of hydrogen-bond donors (Lipinski definition) is 1. The van der Waals surface area contributed by atoms with Crippen molar-refractivity contribution in [3.63, 3.8) is 0 Å². The van der Waals surface area contributed by atoms with Crippen LogP contribution in [0.4, 0.5) is 19.0 Å². The summed E-state index contributed by atoms with van der Waals surface area (Å²) in [6.45, 7) is 0. The quantitative estimate of drug-likeness (QED) is 0.373. The third kappa shape index (κ3) is 4.66. The molecule has 0 atom stereocenters. The van der Waals surface area contributed by atoms with Crippen LogP contribution in [0.3, 0.4) is 0 Å². The second-order valence-electron chi connectivity index (χ2n) is 7.55. The number of aromatic nitrogens is 3. The Labute approximate surface area is 193 Å². The standard InChI is InChI=1S/C24H21F3N4O3/c1-33-20-10-16(11-21(34-2)23(20)19(32)7-8-24(25,26)27)31-13-30-17-9-14(3-5-18(17)31)15-4-6-22(28)29-12-15/h3-6,9-13H,7-8H2,1-2H3,(H2,28,29). The first-order valence-electron chi connectivity index (χ1n) is 10.3. The molecule has 34 heavy (non-hydrogen) atoms. The molecule has 7 nitrogen and oxygen atoms in total. The van der Waals surface area contributed by atoms with E-state index in [4.69, 9.17) is 15.2 Å². The van der Waals surface area contributed by atoms with Gasteiger partial charge in [-0.25, -0.2) is 9.97 Å². The van der Waals surface area contributed by atoms with Crippen molar-refractivity contribution in [3.8, 4) is 28.3 Å². The molecular formula is C24H21F3N4O3. The van der Waals surface area contributed by atoms with E-state index in [9.17, 15) is 18.0 Å². The zero-order valence-corrected chi connectivity index (χ0v) is 18.4. The zero-order valence-electron chi connectivity index (χ0n) is 18.4. The number of imidazole rings is 1. The fourth-order valence-corrected chi connectivity index (χ4v) is 3.67. The number of carbonyl (C=O) groups is 1. The number of alkyl halides is 3. The van der Waals surface area contributed by atoms with Crippen LogP contribution in [0, 0.1) is 0 Å². The average Bonchev–Trinajstić information content (AvgIpc) is 3.25. The van der Waals surface area contributed by atoms with Gasteiger partial charge in [0, 0.05) is 30.3 Å². The molecule has 2 N–H and O–H groups in total. The van der Waals surface area contributed by atoms with E-state index >= 15 is 0 Å². The van der Waals surface area contributed by atoms with Crippen LogP contribution < -0.4 is 15.2 Å². The molecule has 2 aromatic carbocycles. The van der Waals surface area contributed by atoms with Gasteiger partial charge < -0.3 is 15.2 Å². The molecule has 0 bridgehead atoms. The number of carbonyl (C=O) groups excluding carboxylic acids is 1. The molecular weight excluding hydrogens is 449 g/mol. The van der Waals surface area contributed by atoms with Gasteiger partial charge in [0.25, 0.3) is 0 Å². The Morgan fingerprint density at radius 2 is 1.68 bits per heavy atom. The smallest absolute Gasteiger partial charge is 0.389 e. The number of ketones is 1. The van der Waals surface area contributed by atoms with E-state index in [0.717, 1.165) is 16.6 Å². The minimum absolute atomic E-state index is 0.0273. The Morgan fingerprint density at radius 1 is 1.00 bits per heavy atom. The monoisotopic (exact) mass is 470 g/mol. The van der Waals surface area contributed by atoms with E-state index in [1.54, 1.807) is 35.3 Å². The number of Topliss-reactive ketones (excluding diaryl/α,β-unsaturated/α-hetero) is 1. The van der Waals surface area contributed by atoms with Crippen LogP contribution >= 0.6 is 0 Å². The normalized spacial score (nSPS) is 11.6. The molecule has 0 aliphatic heterocycles. The topological polar surface area (TPSA) is 92.3 Å². The highest BCUT2D eigenvalue weighted by Gasteiger charge is 2.30. The summed E-state index contributed by atoms with van der Waals surface area (Å²) in [7, 11) is 2.69. The number of benzene rings is 2. The van der Waals surface area contributed by atoms with Gasteiger partial charge in [-0.05, 0) is 29.8 Å². The molecule has 0 unspecified atom stereocenters. The SMILES string of the molecule is COc1cc(-n2cnc3cc(-c4ccc(N)nc4)ccc32)cc(OC)c1C(=O)CCC(F)(F)F. The molecule has 0 spiro atoms. The van der Waals surface area contributed by atoms with Gasteiger partial charge in [0.2, 0.25) is 0 Å². The maximum atomic E-state index is 12.6. The summed E-state index contributed by atoms with van der Waals surface area (Å²) in [6.07, 6.45) is -3.08. The zero-order chi connectivity index (χ0) is 24.5. The number of halogens is 3. The first-order chi connectivity index (χ1) is 16.2. The van der Waals surface area contributed by atoms with Gasteiger partial charge in [-0.2, -0.15) is 13.2 Å². The summed E-state index contributed by atoms with van der Waals surface area (Å²) < 4.78 is 50.3. The number of hydrogen-bond acceptors (Lipinski definition) is 6. The van der Waals surface area contributed by atoms with Crippen molar-refractivity contribution in [3.05, 3.63) is 60.6 Å². The molecule has 4 rings (SSSR count). The number of pyridine rings is 1. The highest BCUT2D eigenvalue weighted by atomic mass is 19.4. The fourth-order valence-electron chi connectivity index (χ4n) is 3.67. The van der Waals surface area contributed by atoms with Crippen molar-refractivity contribution < 1.29 is 27.4 Å². The van der Waals surface area contributed by atoms with Crippen molar-refractivity contribution in [2.45, 2.75) is 19.0 Å². The van der Waals surface area contributed by atoms with Gasteiger partial charge in [0.1, 0.15) is 29.2 Å². The van der Waals surface area contributed by atoms with Crippen LogP contribution in [0.2, 0.25) is 0 Å². The molecule has 2 aromatic heterocycles. The summed E-state index contributed by atoms with van der Waals surface area (Å²) in [4.78, 5) is 21.1. The lowest BCUT2D eigenvalue weighted by molar-refractivity contribution is -0.133. The summed E-state index contributed by atoms with van der Waals surface area (Å²) in [5.74, 6) is -0.0481. The molecule has 10 heteroatoms. The molecule has 0 saturated heterocycles. The Morgan fingerprint density at radius 3 is 2.26 bits per heavy atom. The number of rotatable bonds is 7. The van der Waals surface area contributed by atoms with E-state index < -0.39 is 24.8 Å². The predicted molar refractivity (Wildman–Crippen MR) is 121 cm³/mol. The Balaban J connectivity index is 1.73. The summed E-state index contributed by atoms with van der Waals surface area (Å²) in [6, 6.07) is 12.4. The van der Waals surface area contributed by atoms with Gasteiger partial charge in [0.05, 0.1) is 37.4 Å². The second kappa shape index (κ2) is 9.05. The van der Waals surface area contributed by atoms with Crippen LogP contribution in [0.1, 0.15) is 23.2 Å². The Kier molecular flexibility index (Phi) is 6.14. The van der Waals surface area contributed by atoms with E-state index in [-0.39, 0.29) is 17.1 Å². The van der Waals surface area contributed by atoms with E-state index in [1.807, 2.05) is 24.3 Å². The number of nitrogens with zero attached hydrogens (tertiary/aromatic N) is 3. The molecule has 0 amide bonds. The molecule has 0 radical (unpaired) electrons. The second-order valence-corrected chi connectivity index (χ2v) is 7.55.